The highest BCUT2D eigenvalue weighted by molar-refractivity contribution is 7.85. The van der Waals surface area contributed by atoms with Crippen molar-refractivity contribution >= 4 is 16.1 Å². The van der Waals surface area contributed by atoms with E-state index in [1.807, 2.05) is 5.92 Å². The molecule has 0 radical (unpaired) electrons. The van der Waals surface area contributed by atoms with Crippen molar-refractivity contribution in [2.45, 2.75) is 17.7 Å². The van der Waals surface area contributed by atoms with Gasteiger partial charge in [0.2, 0.25) is 17.4 Å². The van der Waals surface area contributed by atoms with Crippen LogP contribution in [0.15, 0.2) is 4.90 Å². The molecule has 0 atom stereocenters. The van der Waals surface area contributed by atoms with E-state index < -0.39 is 56.4 Å². The van der Waals surface area contributed by atoms with Crippen LogP contribution in [0.1, 0.15) is 12.8 Å². The van der Waals surface area contributed by atoms with Crippen LogP contribution >= 0.6 is 0 Å². The molecule has 0 aliphatic heterocycles. The van der Waals surface area contributed by atoms with Gasteiger partial charge in [0, 0.05) is 6.42 Å². The van der Waals surface area contributed by atoms with Crippen LogP contribution in [0, 0.1) is 35.6 Å². The summed E-state index contributed by atoms with van der Waals surface area (Å²) in [4.78, 5) is 8.77. The number of terminal acetylenes is 1. The number of benzene rings is 1. The predicted octanol–water partition coefficient (Wildman–Crippen LogP) is 1.47. The fourth-order valence-corrected chi connectivity index (χ4v) is 1.86. The third kappa shape index (κ3) is 3.50. The van der Waals surface area contributed by atoms with Gasteiger partial charge in [-0.3, -0.25) is 4.79 Å². The van der Waals surface area contributed by atoms with Gasteiger partial charge in [-0.2, -0.15) is 8.78 Å². The number of rotatable bonds is 4. The van der Waals surface area contributed by atoms with E-state index >= 15 is 0 Å². The summed E-state index contributed by atoms with van der Waals surface area (Å²) in [5.74, 6) is -10.7. The van der Waals surface area contributed by atoms with Crippen LogP contribution in [0.3, 0.4) is 0 Å². The van der Waals surface area contributed by atoms with Crippen LogP contribution in [0.25, 0.3) is 0 Å². The van der Waals surface area contributed by atoms with Gasteiger partial charge in [0.15, 0.2) is 11.6 Å². The topological polar surface area (TPSA) is 83.5 Å². The monoisotopic (exact) mass is 325 g/mol. The maximum Gasteiger partial charge on any atom is 0.312 e. The largest absolute Gasteiger partial charge is 0.744 e. The Kier molecular flexibility index (Phi) is 4.93. The summed E-state index contributed by atoms with van der Waals surface area (Å²) < 4.78 is 89.2. The minimum Gasteiger partial charge on any atom is -0.744 e. The minimum absolute atomic E-state index is 0.167. The summed E-state index contributed by atoms with van der Waals surface area (Å²) in [7, 11) is -5.82. The lowest BCUT2D eigenvalue weighted by Crippen LogP contribution is -2.15. The molecule has 0 aliphatic carbocycles. The second kappa shape index (κ2) is 6.11. The van der Waals surface area contributed by atoms with Crippen molar-refractivity contribution in [3.8, 4) is 18.1 Å². The van der Waals surface area contributed by atoms with Gasteiger partial charge in [-0.1, -0.05) is 0 Å². The molecule has 0 N–H and O–H groups in total. The zero-order valence-corrected chi connectivity index (χ0v) is 10.8. The van der Waals surface area contributed by atoms with Gasteiger partial charge >= 0.3 is 5.97 Å². The molecule has 0 heterocycles. The smallest absolute Gasteiger partial charge is 0.312 e. The molecule has 0 fully saturated rings. The molecule has 1 aromatic carbocycles. The molecule has 0 aromatic heterocycles. The standard InChI is InChI=1S/C11H6F4O5S/c1-2-3-4-5(16)20-10-6(12)8(14)11(21(17,18)19)9(15)7(10)13/h1H,3-4H2,(H,17,18,19)/p-1. The van der Waals surface area contributed by atoms with E-state index in [1.54, 1.807) is 0 Å². The van der Waals surface area contributed by atoms with Gasteiger partial charge in [0.05, 0.1) is 6.42 Å². The molecule has 0 bridgehead atoms. The first kappa shape index (κ1) is 16.9. The molecule has 0 saturated heterocycles. The summed E-state index contributed by atoms with van der Waals surface area (Å²) in [5, 5.41) is 0. The molecule has 0 saturated carbocycles. The van der Waals surface area contributed by atoms with Gasteiger partial charge < -0.3 is 9.29 Å². The average molecular weight is 325 g/mol. The van der Waals surface area contributed by atoms with E-state index in [2.05, 4.69) is 4.74 Å². The number of hydrogen-bond acceptors (Lipinski definition) is 5. The molecule has 0 unspecified atom stereocenters. The lowest BCUT2D eigenvalue weighted by atomic mass is 10.2. The second-order valence-corrected chi connectivity index (χ2v) is 4.86. The van der Waals surface area contributed by atoms with Crippen molar-refractivity contribution in [1.29, 1.82) is 0 Å². The second-order valence-electron chi connectivity index (χ2n) is 3.55. The third-order valence-electron chi connectivity index (χ3n) is 2.12. The Morgan fingerprint density at radius 2 is 1.62 bits per heavy atom. The van der Waals surface area contributed by atoms with Crippen LogP contribution in [0.5, 0.6) is 5.75 Å². The summed E-state index contributed by atoms with van der Waals surface area (Å²) in [6.45, 7) is 0. The zero-order chi connectivity index (χ0) is 16.4. The maximum absolute atomic E-state index is 13.4. The molecule has 1 aromatic rings. The normalized spacial score (nSPS) is 11.0. The van der Waals surface area contributed by atoms with Crippen LogP contribution in [-0.4, -0.2) is 18.9 Å². The molecule has 114 valence electrons. The van der Waals surface area contributed by atoms with Crippen LogP contribution in [0.4, 0.5) is 17.6 Å². The van der Waals surface area contributed by atoms with E-state index in [4.69, 9.17) is 6.42 Å². The maximum atomic E-state index is 13.4. The van der Waals surface area contributed by atoms with E-state index in [-0.39, 0.29) is 6.42 Å². The van der Waals surface area contributed by atoms with Crippen LogP contribution in [0.2, 0.25) is 0 Å². The summed E-state index contributed by atoms with van der Waals surface area (Å²) in [5.41, 5.74) is 0. The summed E-state index contributed by atoms with van der Waals surface area (Å²) >= 11 is 0. The molecular formula is C11H5F4O5S-. The van der Waals surface area contributed by atoms with Gasteiger partial charge in [-0.05, 0) is 0 Å². The van der Waals surface area contributed by atoms with E-state index in [1.165, 1.54) is 0 Å². The number of esters is 1. The molecular weight excluding hydrogens is 320 g/mol. The minimum atomic E-state index is -5.82. The first-order chi connectivity index (χ1) is 9.61. The van der Waals surface area contributed by atoms with Gasteiger partial charge in [0.25, 0.3) is 0 Å². The molecule has 10 heteroatoms. The Hall–Kier alpha value is -2.12. The van der Waals surface area contributed by atoms with Crippen molar-refractivity contribution in [3.63, 3.8) is 0 Å². The number of ether oxygens (including phenoxy) is 1. The fraction of sp³-hybridized carbons (Fsp3) is 0.182. The number of carbonyl (C=O) groups excluding carboxylic acids is 1. The fourth-order valence-electron chi connectivity index (χ4n) is 1.24. The van der Waals surface area contributed by atoms with Crippen LogP contribution in [-0.2, 0) is 14.9 Å². The van der Waals surface area contributed by atoms with Crippen molar-refractivity contribution in [2.24, 2.45) is 0 Å². The zero-order valence-electron chi connectivity index (χ0n) is 9.95. The highest BCUT2D eigenvalue weighted by atomic mass is 32.2. The van der Waals surface area contributed by atoms with E-state index in [0.717, 1.165) is 0 Å². The van der Waals surface area contributed by atoms with Gasteiger partial charge in [-0.25, -0.2) is 17.2 Å². The molecule has 0 spiro atoms. The lowest BCUT2D eigenvalue weighted by molar-refractivity contribution is -0.134. The summed E-state index contributed by atoms with van der Waals surface area (Å²) in [6.07, 6.45) is 4.15. The van der Waals surface area contributed by atoms with Gasteiger partial charge in [-0.15, -0.1) is 12.3 Å². The Labute approximate surface area is 116 Å². The Morgan fingerprint density at radius 1 is 1.14 bits per heavy atom. The number of halogens is 4. The molecule has 0 aliphatic rings. The molecule has 5 nitrogen and oxygen atoms in total. The summed E-state index contributed by atoms with van der Waals surface area (Å²) in [6, 6.07) is 0. The number of hydrogen-bond donors (Lipinski definition) is 0. The van der Waals surface area contributed by atoms with Crippen molar-refractivity contribution < 1.29 is 40.1 Å². The van der Waals surface area contributed by atoms with Crippen LogP contribution < -0.4 is 4.74 Å². The highest BCUT2D eigenvalue weighted by Crippen LogP contribution is 2.32. The van der Waals surface area contributed by atoms with Gasteiger partial charge in [0.1, 0.15) is 15.0 Å². The lowest BCUT2D eigenvalue weighted by Gasteiger charge is -2.13. The SMILES string of the molecule is C#CCCC(=O)Oc1c(F)c(F)c(S(=O)(=O)[O-])c(F)c1F. The van der Waals surface area contributed by atoms with E-state index in [0.29, 0.717) is 0 Å². The van der Waals surface area contributed by atoms with Crippen molar-refractivity contribution in [1.82, 2.24) is 0 Å². The first-order valence-electron chi connectivity index (χ1n) is 5.07. The quantitative estimate of drug-likeness (QED) is 0.209. The van der Waals surface area contributed by atoms with Crippen molar-refractivity contribution in [2.75, 3.05) is 0 Å². The first-order valence-corrected chi connectivity index (χ1v) is 6.48. The number of carbonyl (C=O) groups is 1. The Bertz CT molecular complexity index is 707. The molecule has 0 amide bonds. The highest BCUT2D eigenvalue weighted by Gasteiger charge is 2.31. The van der Waals surface area contributed by atoms with Crippen molar-refractivity contribution in [3.05, 3.63) is 23.3 Å². The third-order valence-corrected chi connectivity index (χ3v) is 2.98. The Balaban J connectivity index is 3.39. The Morgan fingerprint density at radius 3 is 2.00 bits per heavy atom. The molecule has 21 heavy (non-hydrogen) atoms. The van der Waals surface area contributed by atoms with E-state index in [9.17, 15) is 35.3 Å². The average Bonchev–Trinajstić information content (AvgIpc) is 2.37. The molecule has 1 rings (SSSR count). The predicted molar refractivity (Wildman–Crippen MR) is 57.9 cm³/mol.